The Balaban J connectivity index is 2.30. The van der Waals surface area contributed by atoms with Gasteiger partial charge in [0.25, 0.3) is 0 Å². The van der Waals surface area contributed by atoms with E-state index in [1.165, 1.54) is 0 Å². The van der Waals surface area contributed by atoms with Crippen LogP contribution in [0.15, 0.2) is 23.2 Å². The first-order chi connectivity index (χ1) is 8.37. The van der Waals surface area contributed by atoms with Gasteiger partial charge in [0.05, 0.1) is 5.69 Å². The van der Waals surface area contributed by atoms with E-state index < -0.39 is 15.6 Å². The molecule has 0 spiro atoms. The smallest absolute Gasteiger partial charge is 0.242 e. The molecule has 1 heterocycles. The minimum Gasteiger partial charge on any atom is -0.325 e. The molecule has 0 bridgehead atoms. The van der Waals surface area contributed by atoms with Crippen LogP contribution in [0.1, 0.15) is 32.4 Å². The number of nitrogens with zero attached hydrogens (tertiary/aromatic N) is 1. The summed E-state index contributed by atoms with van der Waals surface area (Å²) < 4.78 is 27.5. The van der Waals surface area contributed by atoms with Gasteiger partial charge >= 0.3 is 0 Å². The molecular weight excluding hydrogens is 250 g/mol. The van der Waals surface area contributed by atoms with Crippen LogP contribution < -0.4 is 10.5 Å². The van der Waals surface area contributed by atoms with Crippen LogP contribution in [0.25, 0.3) is 0 Å². The molecule has 1 aliphatic carbocycles. The highest BCUT2D eigenvalue weighted by Gasteiger charge is 2.41. The summed E-state index contributed by atoms with van der Waals surface area (Å²) in [5, 5.41) is 0. The SMILES string of the molecule is CC(C)(NS(=O)(=O)c1cccnc1CN)C1CC1. The van der Waals surface area contributed by atoms with Gasteiger partial charge in [-0.3, -0.25) is 4.98 Å². The molecule has 0 aromatic carbocycles. The van der Waals surface area contributed by atoms with Gasteiger partial charge in [-0.2, -0.15) is 0 Å². The number of hydrogen-bond acceptors (Lipinski definition) is 4. The Kier molecular flexibility index (Phi) is 3.44. The van der Waals surface area contributed by atoms with Crippen molar-refractivity contribution in [2.45, 2.75) is 43.7 Å². The van der Waals surface area contributed by atoms with Crippen molar-refractivity contribution in [3.05, 3.63) is 24.0 Å². The molecule has 6 heteroatoms. The first kappa shape index (κ1) is 13.5. The maximum Gasteiger partial charge on any atom is 0.242 e. The van der Waals surface area contributed by atoms with Crippen molar-refractivity contribution in [2.75, 3.05) is 0 Å². The molecule has 0 aliphatic heterocycles. The number of sulfonamides is 1. The molecule has 2 rings (SSSR count). The van der Waals surface area contributed by atoms with Crippen molar-refractivity contribution in [1.82, 2.24) is 9.71 Å². The normalized spacial score (nSPS) is 16.8. The van der Waals surface area contributed by atoms with Gasteiger partial charge in [-0.25, -0.2) is 13.1 Å². The first-order valence-corrected chi connectivity index (χ1v) is 7.53. The van der Waals surface area contributed by atoms with E-state index in [1.807, 2.05) is 13.8 Å². The number of pyridine rings is 1. The molecule has 1 aromatic heterocycles. The molecule has 0 atom stereocenters. The van der Waals surface area contributed by atoms with E-state index in [-0.39, 0.29) is 11.4 Å². The summed E-state index contributed by atoms with van der Waals surface area (Å²) in [6.45, 7) is 3.95. The molecule has 1 fully saturated rings. The highest BCUT2D eigenvalue weighted by Crippen LogP contribution is 2.40. The second kappa shape index (κ2) is 4.60. The number of nitrogens with one attached hydrogen (secondary N) is 1. The molecule has 100 valence electrons. The van der Waals surface area contributed by atoms with Gasteiger partial charge in [0, 0.05) is 18.3 Å². The first-order valence-electron chi connectivity index (χ1n) is 6.05. The van der Waals surface area contributed by atoms with Gasteiger partial charge in [-0.05, 0) is 44.7 Å². The minimum absolute atomic E-state index is 0.112. The van der Waals surface area contributed by atoms with Crippen molar-refractivity contribution in [1.29, 1.82) is 0 Å². The molecule has 1 aromatic rings. The molecule has 1 aliphatic rings. The topological polar surface area (TPSA) is 85.1 Å². The Hall–Kier alpha value is -0.980. The van der Waals surface area contributed by atoms with Gasteiger partial charge in [0.15, 0.2) is 0 Å². The monoisotopic (exact) mass is 269 g/mol. The Labute approximate surface area is 108 Å². The largest absolute Gasteiger partial charge is 0.325 e. The van der Waals surface area contributed by atoms with Gasteiger partial charge < -0.3 is 5.73 Å². The Morgan fingerprint density at radius 2 is 2.17 bits per heavy atom. The van der Waals surface area contributed by atoms with E-state index in [1.54, 1.807) is 18.3 Å². The molecule has 0 unspecified atom stereocenters. The van der Waals surface area contributed by atoms with Crippen molar-refractivity contribution in [3.8, 4) is 0 Å². The van der Waals surface area contributed by atoms with E-state index in [2.05, 4.69) is 9.71 Å². The van der Waals surface area contributed by atoms with Crippen LogP contribution >= 0.6 is 0 Å². The zero-order valence-electron chi connectivity index (χ0n) is 10.7. The summed E-state index contributed by atoms with van der Waals surface area (Å²) in [6, 6.07) is 3.15. The minimum atomic E-state index is -3.56. The number of hydrogen-bond donors (Lipinski definition) is 2. The van der Waals surface area contributed by atoms with Crippen LogP contribution in [0.4, 0.5) is 0 Å². The van der Waals surface area contributed by atoms with Crippen LogP contribution in [0.2, 0.25) is 0 Å². The molecule has 0 amide bonds. The van der Waals surface area contributed by atoms with Crippen LogP contribution in [-0.2, 0) is 16.6 Å². The fourth-order valence-corrected chi connectivity index (χ4v) is 3.78. The van der Waals surface area contributed by atoms with Crippen molar-refractivity contribution >= 4 is 10.0 Å². The highest BCUT2D eigenvalue weighted by atomic mass is 32.2. The predicted molar refractivity (Wildman–Crippen MR) is 69.3 cm³/mol. The number of nitrogens with two attached hydrogens (primary N) is 1. The van der Waals surface area contributed by atoms with Gasteiger partial charge in [0.1, 0.15) is 4.90 Å². The van der Waals surface area contributed by atoms with Gasteiger partial charge in [0.2, 0.25) is 10.0 Å². The third-order valence-electron chi connectivity index (χ3n) is 3.33. The quantitative estimate of drug-likeness (QED) is 0.835. The van der Waals surface area contributed by atoms with E-state index in [9.17, 15) is 8.42 Å². The van der Waals surface area contributed by atoms with Gasteiger partial charge in [-0.15, -0.1) is 0 Å². The third kappa shape index (κ3) is 2.71. The lowest BCUT2D eigenvalue weighted by Crippen LogP contribution is -2.45. The van der Waals surface area contributed by atoms with E-state index in [0.717, 1.165) is 12.8 Å². The summed E-state index contributed by atoms with van der Waals surface area (Å²) in [5.41, 5.74) is 5.51. The van der Waals surface area contributed by atoms with Crippen LogP contribution in [0.5, 0.6) is 0 Å². The van der Waals surface area contributed by atoms with E-state index in [0.29, 0.717) is 11.6 Å². The second-order valence-electron chi connectivity index (χ2n) is 5.25. The Morgan fingerprint density at radius 1 is 1.50 bits per heavy atom. The molecule has 0 saturated heterocycles. The number of aromatic nitrogens is 1. The number of rotatable bonds is 5. The zero-order chi connectivity index (χ0) is 13.4. The van der Waals surface area contributed by atoms with Crippen molar-refractivity contribution in [3.63, 3.8) is 0 Å². The van der Waals surface area contributed by atoms with Crippen molar-refractivity contribution < 1.29 is 8.42 Å². The molecule has 1 saturated carbocycles. The molecule has 3 N–H and O–H groups in total. The lowest BCUT2D eigenvalue weighted by molar-refractivity contribution is 0.400. The summed E-state index contributed by atoms with van der Waals surface area (Å²) in [7, 11) is -3.56. The average Bonchev–Trinajstić information content (AvgIpc) is 3.11. The molecule has 0 radical (unpaired) electrons. The summed E-state index contributed by atoms with van der Waals surface area (Å²) in [5.74, 6) is 0.422. The van der Waals surface area contributed by atoms with Gasteiger partial charge in [-0.1, -0.05) is 0 Å². The standard InChI is InChI=1S/C12H19N3O2S/c1-12(2,9-5-6-9)15-18(16,17)11-4-3-7-14-10(11)8-13/h3-4,7,9,15H,5-6,8,13H2,1-2H3. The third-order valence-corrected chi connectivity index (χ3v) is 5.07. The summed E-state index contributed by atoms with van der Waals surface area (Å²) in [6.07, 6.45) is 3.70. The Morgan fingerprint density at radius 3 is 2.72 bits per heavy atom. The molecule has 5 nitrogen and oxygen atoms in total. The van der Waals surface area contributed by atoms with E-state index in [4.69, 9.17) is 5.73 Å². The van der Waals surface area contributed by atoms with Crippen LogP contribution in [0.3, 0.4) is 0 Å². The fraction of sp³-hybridized carbons (Fsp3) is 0.583. The summed E-state index contributed by atoms with van der Waals surface area (Å²) >= 11 is 0. The highest BCUT2D eigenvalue weighted by molar-refractivity contribution is 7.89. The lowest BCUT2D eigenvalue weighted by atomic mass is 10.0. The second-order valence-corrected chi connectivity index (χ2v) is 6.90. The predicted octanol–water partition coefficient (Wildman–Crippen LogP) is 1.01. The zero-order valence-corrected chi connectivity index (χ0v) is 11.5. The maximum absolute atomic E-state index is 12.4. The molecule has 18 heavy (non-hydrogen) atoms. The average molecular weight is 269 g/mol. The fourth-order valence-electron chi connectivity index (χ4n) is 2.11. The lowest BCUT2D eigenvalue weighted by Gasteiger charge is -2.26. The Bertz CT molecular complexity index is 536. The van der Waals surface area contributed by atoms with Crippen molar-refractivity contribution in [2.24, 2.45) is 11.7 Å². The molecular formula is C12H19N3O2S. The summed E-state index contributed by atoms with van der Waals surface area (Å²) in [4.78, 5) is 4.19. The van der Waals surface area contributed by atoms with Crippen LogP contribution in [-0.4, -0.2) is 18.9 Å². The van der Waals surface area contributed by atoms with Crippen LogP contribution in [0, 0.1) is 5.92 Å². The maximum atomic E-state index is 12.4. The van der Waals surface area contributed by atoms with E-state index >= 15 is 0 Å².